The third-order valence-electron chi connectivity index (χ3n) is 3.80. The van der Waals surface area contributed by atoms with Crippen molar-refractivity contribution in [3.05, 3.63) is 0 Å². The van der Waals surface area contributed by atoms with E-state index in [4.69, 9.17) is 11.6 Å². The van der Waals surface area contributed by atoms with Crippen LogP contribution in [0.2, 0.25) is 0 Å². The van der Waals surface area contributed by atoms with E-state index in [-0.39, 0.29) is 0 Å². The summed E-state index contributed by atoms with van der Waals surface area (Å²) in [5, 5.41) is 0.341. The summed E-state index contributed by atoms with van der Waals surface area (Å²) in [5.74, 6) is 0.686. The molecule has 17 heavy (non-hydrogen) atoms. The molecule has 0 aliphatic heterocycles. The standard InChI is InChI=1S/C16H33Cl/c1-4-5-6-7-8-9-10-11-12-13-14-15(2)16(3)17/h15-16H,4-14H2,1-3H3. The third kappa shape index (κ3) is 12.5. The smallest absolute Gasteiger partial charge is 0.0333 e. The van der Waals surface area contributed by atoms with Crippen LogP contribution in [0.1, 0.15) is 91.4 Å². The molecular formula is C16H33Cl. The van der Waals surface area contributed by atoms with Gasteiger partial charge in [-0.2, -0.15) is 0 Å². The lowest BCUT2D eigenvalue weighted by molar-refractivity contribution is 0.473. The number of hydrogen-bond donors (Lipinski definition) is 0. The van der Waals surface area contributed by atoms with Crippen LogP contribution < -0.4 is 0 Å². The topological polar surface area (TPSA) is 0 Å². The van der Waals surface area contributed by atoms with Gasteiger partial charge in [-0.05, 0) is 19.3 Å². The summed E-state index contributed by atoms with van der Waals surface area (Å²) in [6, 6.07) is 0. The zero-order chi connectivity index (χ0) is 12.9. The van der Waals surface area contributed by atoms with Crippen LogP contribution in [0.15, 0.2) is 0 Å². The molecule has 2 atom stereocenters. The quantitative estimate of drug-likeness (QED) is 0.275. The van der Waals surface area contributed by atoms with E-state index in [9.17, 15) is 0 Å². The Hall–Kier alpha value is 0.290. The van der Waals surface area contributed by atoms with E-state index in [2.05, 4.69) is 20.8 Å². The summed E-state index contributed by atoms with van der Waals surface area (Å²) in [5.41, 5.74) is 0. The Morgan fingerprint density at radius 2 is 1.12 bits per heavy atom. The Morgan fingerprint density at radius 1 is 0.706 bits per heavy atom. The Bertz CT molecular complexity index is 142. The van der Waals surface area contributed by atoms with E-state index in [1.54, 1.807) is 0 Å². The van der Waals surface area contributed by atoms with Gasteiger partial charge >= 0.3 is 0 Å². The summed E-state index contributed by atoms with van der Waals surface area (Å²) in [6.07, 6.45) is 15.5. The Labute approximate surface area is 115 Å². The van der Waals surface area contributed by atoms with Crippen molar-refractivity contribution >= 4 is 11.6 Å². The fourth-order valence-electron chi connectivity index (χ4n) is 2.18. The molecule has 0 bridgehead atoms. The van der Waals surface area contributed by atoms with Crippen molar-refractivity contribution < 1.29 is 0 Å². The van der Waals surface area contributed by atoms with Gasteiger partial charge in [-0.15, -0.1) is 11.6 Å². The minimum Gasteiger partial charge on any atom is -0.123 e. The molecule has 0 aliphatic rings. The lowest BCUT2D eigenvalue weighted by Gasteiger charge is -2.12. The first-order valence-electron chi connectivity index (χ1n) is 7.82. The van der Waals surface area contributed by atoms with Crippen LogP contribution >= 0.6 is 11.6 Å². The highest BCUT2D eigenvalue weighted by Crippen LogP contribution is 2.18. The maximum atomic E-state index is 6.05. The summed E-state index contributed by atoms with van der Waals surface area (Å²) in [6.45, 7) is 6.66. The van der Waals surface area contributed by atoms with Crippen molar-refractivity contribution in [2.45, 2.75) is 96.8 Å². The summed E-state index contributed by atoms with van der Waals surface area (Å²) < 4.78 is 0. The van der Waals surface area contributed by atoms with Crippen LogP contribution in [-0.4, -0.2) is 5.38 Å². The van der Waals surface area contributed by atoms with Gasteiger partial charge in [-0.3, -0.25) is 0 Å². The van der Waals surface area contributed by atoms with Crippen molar-refractivity contribution in [3.8, 4) is 0 Å². The molecule has 104 valence electrons. The first-order chi connectivity index (χ1) is 8.18. The molecule has 0 rings (SSSR count). The molecular weight excluding hydrogens is 228 g/mol. The van der Waals surface area contributed by atoms with Gasteiger partial charge in [0, 0.05) is 5.38 Å². The highest BCUT2D eigenvalue weighted by molar-refractivity contribution is 6.20. The average molecular weight is 261 g/mol. The van der Waals surface area contributed by atoms with E-state index in [0.717, 1.165) is 0 Å². The Kier molecular flexibility index (Phi) is 13.0. The zero-order valence-electron chi connectivity index (χ0n) is 12.3. The first kappa shape index (κ1) is 17.3. The second-order valence-electron chi connectivity index (χ2n) is 5.63. The van der Waals surface area contributed by atoms with Gasteiger partial charge in [0.2, 0.25) is 0 Å². The van der Waals surface area contributed by atoms with Gasteiger partial charge in [-0.1, -0.05) is 78.1 Å². The molecule has 0 heterocycles. The molecule has 0 saturated heterocycles. The maximum Gasteiger partial charge on any atom is 0.0333 e. The van der Waals surface area contributed by atoms with Gasteiger partial charge < -0.3 is 0 Å². The van der Waals surface area contributed by atoms with Crippen molar-refractivity contribution in [2.75, 3.05) is 0 Å². The van der Waals surface area contributed by atoms with E-state index in [1.807, 2.05) is 0 Å². The zero-order valence-corrected chi connectivity index (χ0v) is 13.1. The molecule has 0 spiro atoms. The van der Waals surface area contributed by atoms with Crippen molar-refractivity contribution in [1.82, 2.24) is 0 Å². The number of halogens is 1. The lowest BCUT2D eigenvalue weighted by atomic mass is 9.99. The van der Waals surface area contributed by atoms with Crippen LogP contribution in [0.5, 0.6) is 0 Å². The number of rotatable bonds is 12. The van der Waals surface area contributed by atoms with Crippen LogP contribution in [0.3, 0.4) is 0 Å². The van der Waals surface area contributed by atoms with Crippen LogP contribution in [0.4, 0.5) is 0 Å². The molecule has 0 amide bonds. The van der Waals surface area contributed by atoms with Crippen LogP contribution in [-0.2, 0) is 0 Å². The molecule has 0 fully saturated rings. The fraction of sp³-hybridized carbons (Fsp3) is 1.00. The summed E-state index contributed by atoms with van der Waals surface area (Å²) in [4.78, 5) is 0. The van der Waals surface area contributed by atoms with Crippen molar-refractivity contribution in [3.63, 3.8) is 0 Å². The normalized spacial score (nSPS) is 14.8. The van der Waals surface area contributed by atoms with E-state index in [0.29, 0.717) is 11.3 Å². The molecule has 0 radical (unpaired) electrons. The second kappa shape index (κ2) is 12.7. The predicted molar refractivity (Wildman–Crippen MR) is 80.9 cm³/mol. The minimum atomic E-state index is 0.341. The van der Waals surface area contributed by atoms with Gasteiger partial charge in [0.25, 0.3) is 0 Å². The van der Waals surface area contributed by atoms with Gasteiger partial charge in [0.1, 0.15) is 0 Å². The van der Waals surface area contributed by atoms with E-state index >= 15 is 0 Å². The van der Waals surface area contributed by atoms with Crippen molar-refractivity contribution in [1.29, 1.82) is 0 Å². The van der Waals surface area contributed by atoms with E-state index < -0.39 is 0 Å². The SMILES string of the molecule is CCCCCCCCCCCCC(C)C(C)Cl. The highest BCUT2D eigenvalue weighted by Gasteiger charge is 2.07. The van der Waals surface area contributed by atoms with Gasteiger partial charge in [0.05, 0.1) is 0 Å². The minimum absolute atomic E-state index is 0.341. The fourth-order valence-corrected chi connectivity index (χ4v) is 2.31. The molecule has 0 N–H and O–H groups in total. The number of alkyl halides is 1. The average Bonchev–Trinajstić information content (AvgIpc) is 2.31. The molecule has 0 aromatic carbocycles. The second-order valence-corrected chi connectivity index (χ2v) is 6.31. The van der Waals surface area contributed by atoms with Crippen LogP contribution in [0.25, 0.3) is 0 Å². The summed E-state index contributed by atoms with van der Waals surface area (Å²) in [7, 11) is 0. The molecule has 2 unspecified atom stereocenters. The first-order valence-corrected chi connectivity index (χ1v) is 8.26. The largest absolute Gasteiger partial charge is 0.123 e. The lowest BCUT2D eigenvalue weighted by Crippen LogP contribution is -2.06. The molecule has 0 aliphatic carbocycles. The van der Waals surface area contributed by atoms with Gasteiger partial charge in [0.15, 0.2) is 0 Å². The number of unbranched alkanes of at least 4 members (excludes halogenated alkanes) is 9. The van der Waals surface area contributed by atoms with Crippen LogP contribution in [0, 0.1) is 5.92 Å². The molecule has 0 aromatic heterocycles. The third-order valence-corrected chi connectivity index (χ3v) is 4.23. The Balaban J connectivity index is 3.03. The molecule has 0 aromatic rings. The molecule has 0 saturated carbocycles. The van der Waals surface area contributed by atoms with Crippen molar-refractivity contribution in [2.24, 2.45) is 5.92 Å². The summed E-state index contributed by atoms with van der Waals surface area (Å²) >= 11 is 6.05. The number of hydrogen-bond acceptors (Lipinski definition) is 0. The van der Waals surface area contributed by atoms with Gasteiger partial charge in [-0.25, -0.2) is 0 Å². The Morgan fingerprint density at radius 3 is 1.53 bits per heavy atom. The monoisotopic (exact) mass is 260 g/mol. The maximum absolute atomic E-state index is 6.05. The molecule has 0 nitrogen and oxygen atoms in total. The predicted octanol–water partition coefficient (Wildman–Crippen LogP) is 6.56. The van der Waals surface area contributed by atoms with E-state index in [1.165, 1.54) is 70.6 Å². The highest BCUT2D eigenvalue weighted by atomic mass is 35.5. The molecule has 1 heteroatoms.